The molecule has 7 unspecified atom stereocenters. The van der Waals surface area contributed by atoms with Gasteiger partial charge in [-0.3, -0.25) is 29.2 Å². The number of carboxylic acid groups (broad SMARTS) is 1. The largest absolute Gasteiger partial charge is 0.480 e. The van der Waals surface area contributed by atoms with Crippen molar-refractivity contribution in [3.63, 3.8) is 0 Å². The van der Waals surface area contributed by atoms with Crippen LogP contribution in [0.15, 0.2) is 70.6 Å². The van der Waals surface area contributed by atoms with Gasteiger partial charge in [-0.2, -0.15) is 0 Å². The Morgan fingerprint density at radius 2 is 1.03 bits per heavy atom. The van der Waals surface area contributed by atoms with Gasteiger partial charge in [-0.15, -0.1) is 0 Å². The van der Waals surface area contributed by atoms with E-state index in [0.717, 1.165) is 5.56 Å². The molecule has 0 aliphatic carbocycles. The summed E-state index contributed by atoms with van der Waals surface area (Å²) in [7, 11) is 0. The molecule has 2 aromatic rings. The first-order valence-corrected chi connectivity index (χ1v) is 20.1. The van der Waals surface area contributed by atoms with Gasteiger partial charge >= 0.3 is 12.1 Å². The first-order chi connectivity index (χ1) is 28.6. The number of benzene rings is 2. The van der Waals surface area contributed by atoms with Crippen molar-refractivity contribution in [2.75, 3.05) is 13.1 Å². The molecule has 2 aromatic carbocycles. The number of nitrogens with one attached hydrogen (secondary N) is 5. The molecule has 0 spiro atoms. The number of nitrogens with zero attached hydrogens (tertiary/aromatic N) is 2. The highest BCUT2D eigenvalue weighted by Gasteiger charge is 2.35. The lowest BCUT2D eigenvalue weighted by Gasteiger charge is -2.29. The van der Waals surface area contributed by atoms with E-state index in [1.54, 1.807) is 75.4 Å². The average Bonchev–Trinajstić information content (AvgIpc) is 3.22. The summed E-state index contributed by atoms with van der Waals surface area (Å²) < 4.78 is 5.35. The number of rotatable bonds is 26. The van der Waals surface area contributed by atoms with Gasteiger partial charge in [0.2, 0.25) is 23.6 Å². The summed E-state index contributed by atoms with van der Waals surface area (Å²) in [5.41, 5.74) is 23.2. The molecule has 5 amide bonds. The first kappa shape index (κ1) is 49.7. The van der Waals surface area contributed by atoms with Crippen LogP contribution >= 0.6 is 0 Å². The fourth-order valence-corrected chi connectivity index (χ4v) is 5.94. The van der Waals surface area contributed by atoms with Crippen molar-refractivity contribution in [2.45, 2.75) is 109 Å². The van der Waals surface area contributed by atoms with E-state index in [-0.39, 0.29) is 57.3 Å². The predicted octanol–water partition coefficient (Wildman–Crippen LogP) is 0.747. The number of guanidine groups is 2. The van der Waals surface area contributed by atoms with Crippen LogP contribution in [0.3, 0.4) is 0 Å². The van der Waals surface area contributed by atoms with Crippen LogP contribution in [0.5, 0.6) is 0 Å². The first-order valence-electron chi connectivity index (χ1n) is 20.1. The fraction of sp³-hybridized carbons (Fsp3) is 0.512. The van der Waals surface area contributed by atoms with Gasteiger partial charge in [0, 0.05) is 19.5 Å². The van der Waals surface area contributed by atoms with E-state index in [4.69, 9.17) is 27.7 Å². The van der Waals surface area contributed by atoms with Crippen LogP contribution in [0, 0.1) is 11.8 Å². The van der Waals surface area contributed by atoms with Crippen LogP contribution in [0.2, 0.25) is 0 Å². The van der Waals surface area contributed by atoms with E-state index in [2.05, 4.69) is 36.6 Å². The van der Waals surface area contributed by atoms with E-state index in [1.807, 2.05) is 13.0 Å². The zero-order valence-corrected chi connectivity index (χ0v) is 34.9. The summed E-state index contributed by atoms with van der Waals surface area (Å²) in [5.74, 6) is -5.26. The number of hydrogen-bond donors (Lipinski definition) is 10. The van der Waals surface area contributed by atoms with Gasteiger partial charge in [0.15, 0.2) is 11.9 Å². The molecule has 0 saturated carbocycles. The van der Waals surface area contributed by atoms with Crippen LogP contribution in [-0.4, -0.2) is 96.0 Å². The summed E-state index contributed by atoms with van der Waals surface area (Å²) >= 11 is 0. The Bertz CT molecular complexity index is 1740. The molecule has 0 aliphatic heterocycles. The van der Waals surface area contributed by atoms with Crippen molar-refractivity contribution in [3.05, 3.63) is 71.8 Å². The maximum absolute atomic E-state index is 14.2. The number of carbonyl (C=O) groups is 6. The summed E-state index contributed by atoms with van der Waals surface area (Å²) in [4.78, 5) is 88.7. The van der Waals surface area contributed by atoms with Crippen molar-refractivity contribution in [2.24, 2.45) is 44.8 Å². The summed E-state index contributed by atoms with van der Waals surface area (Å²) in [6.07, 6.45) is 0.693. The number of alkyl carbamates (subject to hydrolysis) is 1. The molecule has 0 radical (unpaired) electrons. The Morgan fingerprint density at radius 3 is 1.52 bits per heavy atom. The third-order valence-electron chi connectivity index (χ3n) is 9.83. The molecule has 0 fully saturated rings. The minimum absolute atomic E-state index is 0.00519. The zero-order chi connectivity index (χ0) is 44.6. The van der Waals surface area contributed by atoms with Crippen molar-refractivity contribution in [1.82, 2.24) is 26.6 Å². The second kappa shape index (κ2) is 26.6. The number of aliphatic carboxylic acids is 1. The van der Waals surface area contributed by atoms with Crippen molar-refractivity contribution in [1.29, 1.82) is 0 Å². The SMILES string of the molecule is CCC(C)C(NC(=O)C(CCCN=C(N)N)NC(=O)C(Cc1ccccc1)NC(=O)C(NC(=O)C(CCCN=C(N)N)NC(=O)OCc1ccccc1)C(C)CC)C(=O)O. The predicted molar refractivity (Wildman–Crippen MR) is 228 cm³/mol. The molecule has 19 nitrogen and oxygen atoms in total. The van der Waals surface area contributed by atoms with Crippen molar-refractivity contribution < 1.29 is 38.6 Å². The van der Waals surface area contributed by atoms with E-state index in [1.165, 1.54) is 0 Å². The molecule has 7 atom stereocenters. The third kappa shape index (κ3) is 18.5. The summed E-state index contributed by atoms with van der Waals surface area (Å²) in [6.45, 7) is 7.30. The minimum Gasteiger partial charge on any atom is -0.480 e. The number of aliphatic imine (C=N–C) groups is 2. The normalized spacial score (nSPS) is 14.3. The minimum atomic E-state index is -1.26. The van der Waals surface area contributed by atoms with Crippen LogP contribution < -0.4 is 49.5 Å². The van der Waals surface area contributed by atoms with Crippen molar-refractivity contribution in [3.8, 4) is 0 Å². The zero-order valence-electron chi connectivity index (χ0n) is 34.9. The third-order valence-corrected chi connectivity index (χ3v) is 9.83. The quantitative estimate of drug-likeness (QED) is 0.0357. The fourth-order valence-electron chi connectivity index (χ4n) is 5.94. The molecular formula is C41H63N11O8. The molecule has 0 bridgehead atoms. The topological polar surface area (TPSA) is 321 Å². The van der Waals surface area contributed by atoms with Crippen LogP contribution in [0.4, 0.5) is 4.79 Å². The van der Waals surface area contributed by atoms with Gasteiger partial charge in [0.05, 0.1) is 0 Å². The molecule has 60 heavy (non-hydrogen) atoms. The van der Waals surface area contributed by atoms with E-state index >= 15 is 0 Å². The van der Waals surface area contributed by atoms with Gasteiger partial charge in [-0.05, 0) is 48.6 Å². The Hall–Kier alpha value is -6.40. The number of carbonyl (C=O) groups excluding carboxylic acids is 5. The summed E-state index contributed by atoms with van der Waals surface area (Å²) in [6, 6.07) is 11.8. The molecule has 0 aromatic heterocycles. The van der Waals surface area contributed by atoms with Crippen LogP contribution in [-0.2, 0) is 41.7 Å². The van der Waals surface area contributed by atoms with Gasteiger partial charge in [0.25, 0.3) is 0 Å². The lowest BCUT2D eigenvalue weighted by atomic mass is 9.96. The molecule has 2 rings (SSSR count). The number of nitrogens with two attached hydrogens (primary N) is 4. The van der Waals surface area contributed by atoms with E-state index in [9.17, 15) is 33.9 Å². The molecule has 0 heterocycles. The Morgan fingerprint density at radius 1 is 0.600 bits per heavy atom. The highest BCUT2D eigenvalue weighted by atomic mass is 16.5. The van der Waals surface area contributed by atoms with Crippen LogP contribution in [0.1, 0.15) is 77.3 Å². The summed E-state index contributed by atoms with van der Waals surface area (Å²) in [5, 5.41) is 23.2. The maximum Gasteiger partial charge on any atom is 0.408 e. The average molecular weight is 838 g/mol. The van der Waals surface area contributed by atoms with Gasteiger partial charge in [-0.25, -0.2) is 9.59 Å². The standard InChI is InChI=1S/C41H63N11O8/c1-5-25(3)32(51-35(54)30(20-14-22-47-40(44)45)50-41(59)60-24-28-17-11-8-12-18-28)37(56)49-31(23-27-15-9-7-10-16-27)36(55)48-29(19-13-21-46-39(42)43)34(53)52-33(38(57)58)26(4)6-2/h7-12,15-18,25-26,29-33H,5-6,13-14,19-24H2,1-4H3,(H,48,55)(H,49,56)(H,50,59)(H,51,54)(H,52,53)(H,57,58)(H4,42,43,46)(H4,44,45,47). The second-order valence-corrected chi connectivity index (χ2v) is 14.6. The van der Waals surface area contributed by atoms with Crippen molar-refractivity contribution >= 4 is 47.6 Å². The second-order valence-electron chi connectivity index (χ2n) is 14.6. The monoisotopic (exact) mass is 837 g/mol. The van der Waals surface area contributed by atoms with Gasteiger partial charge in [0.1, 0.15) is 36.8 Å². The Balaban J connectivity index is 2.39. The molecular weight excluding hydrogens is 775 g/mol. The maximum atomic E-state index is 14.2. The smallest absolute Gasteiger partial charge is 0.408 e. The molecule has 14 N–H and O–H groups in total. The molecule has 0 saturated heterocycles. The molecule has 0 aliphatic rings. The highest BCUT2D eigenvalue weighted by Crippen LogP contribution is 2.14. The van der Waals surface area contributed by atoms with Gasteiger partial charge in [-0.1, -0.05) is 101 Å². The Labute approximate surface area is 351 Å². The van der Waals surface area contributed by atoms with E-state index < -0.39 is 77.7 Å². The van der Waals surface area contributed by atoms with Gasteiger partial charge < -0.3 is 59.4 Å². The lowest BCUT2D eigenvalue weighted by molar-refractivity contribution is -0.144. The number of carboxylic acids is 1. The molecule has 19 heteroatoms. The number of amides is 5. The highest BCUT2D eigenvalue weighted by molar-refractivity contribution is 5.96. The number of hydrogen-bond acceptors (Lipinski definition) is 9. The Kier molecular flexibility index (Phi) is 22.0. The van der Waals surface area contributed by atoms with Crippen LogP contribution in [0.25, 0.3) is 0 Å². The number of ether oxygens (including phenoxy) is 1. The van der Waals surface area contributed by atoms with E-state index in [0.29, 0.717) is 24.8 Å². The lowest BCUT2D eigenvalue weighted by Crippen LogP contribution is -2.60. The molecule has 330 valence electrons.